The van der Waals surface area contributed by atoms with E-state index < -0.39 is 43.5 Å². The number of carbonyl (C=O) groups is 1. The van der Waals surface area contributed by atoms with E-state index >= 15 is 0 Å². The van der Waals surface area contributed by atoms with Gasteiger partial charge in [0.2, 0.25) is 5.91 Å². The summed E-state index contributed by atoms with van der Waals surface area (Å²) >= 11 is 0. The van der Waals surface area contributed by atoms with E-state index in [2.05, 4.69) is 5.32 Å². The molecule has 1 amide bonds. The van der Waals surface area contributed by atoms with Gasteiger partial charge in [-0.2, -0.15) is 0 Å². The van der Waals surface area contributed by atoms with Crippen LogP contribution in [-0.2, 0) is 14.3 Å². The fourth-order valence-corrected chi connectivity index (χ4v) is 2.02. The van der Waals surface area contributed by atoms with E-state index in [1.165, 1.54) is 6.92 Å². The second-order valence-electron chi connectivity index (χ2n) is 4.21. The Balaban J connectivity index is 2.86. The van der Waals surface area contributed by atoms with Crippen LogP contribution in [0.5, 0.6) is 0 Å². The molecule has 4 unspecified atom stereocenters. The van der Waals surface area contributed by atoms with Crippen molar-refractivity contribution in [3.8, 4) is 0 Å². The van der Waals surface area contributed by atoms with Gasteiger partial charge in [0, 0.05) is 6.92 Å². The summed E-state index contributed by atoms with van der Waals surface area (Å²) in [5.74, 6) is -0.369. The van der Waals surface area contributed by atoms with Crippen LogP contribution >= 0.6 is 0 Å². The molecule has 0 radical (unpaired) electrons. The van der Waals surface area contributed by atoms with Gasteiger partial charge in [-0.15, -0.1) is 0 Å². The quantitative estimate of drug-likeness (QED) is 0.349. The molecular formula is C10H19NO7. The summed E-state index contributed by atoms with van der Waals surface area (Å²) in [6.07, 6.45) is -3.84. The van der Waals surface area contributed by atoms with Gasteiger partial charge in [0.15, 0.2) is 0 Å². The number of nitrogens with one attached hydrogen (secondary N) is 1. The van der Waals surface area contributed by atoms with E-state index in [-0.39, 0.29) is 5.91 Å². The minimum Gasteiger partial charge on any atom is -0.394 e. The first-order chi connectivity index (χ1) is 8.36. The van der Waals surface area contributed by atoms with Crippen LogP contribution in [0.4, 0.5) is 0 Å². The van der Waals surface area contributed by atoms with Crippen molar-refractivity contribution >= 4 is 5.91 Å². The van der Waals surface area contributed by atoms with Crippen molar-refractivity contribution in [2.45, 2.75) is 50.8 Å². The average Bonchev–Trinajstić information content (AvgIpc) is 2.27. The Morgan fingerprint density at radius 1 is 1.50 bits per heavy atom. The Hall–Kier alpha value is -0.770. The molecule has 1 heterocycles. The summed E-state index contributed by atoms with van der Waals surface area (Å²) in [5, 5.41) is 39.1. The minimum atomic E-state index is -2.09. The number of amides is 1. The van der Waals surface area contributed by atoms with Crippen LogP contribution in [0.2, 0.25) is 0 Å². The second-order valence-corrected chi connectivity index (χ2v) is 4.21. The van der Waals surface area contributed by atoms with Crippen molar-refractivity contribution in [2.75, 3.05) is 6.61 Å². The molecule has 8 nitrogen and oxygen atoms in total. The maximum Gasteiger partial charge on any atom is 0.266 e. The number of carbonyl (C=O) groups excluding carboxylic acids is 1. The molecule has 1 aliphatic heterocycles. The zero-order valence-corrected chi connectivity index (χ0v) is 10.2. The smallest absolute Gasteiger partial charge is 0.266 e. The first-order valence-corrected chi connectivity index (χ1v) is 5.60. The van der Waals surface area contributed by atoms with Crippen LogP contribution in [0.25, 0.3) is 0 Å². The molecule has 18 heavy (non-hydrogen) atoms. The summed E-state index contributed by atoms with van der Waals surface area (Å²) in [4.78, 5) is 11.1. The Morgan fingerprint density at radius 3 is 2.56 bits per heavy atom. The average molecular weight is 265 g/mol. The van der Waals surface area contributed by atoms with Gasteiger partial charge in [-0.05, 0) is 6.92 Å². The molecule has 1 fully saturated rings. The van der Waals surface area contributed by atoms with Crippen molar-refractivity contribution in [1.29, 1.82) is 0 Å². The maximum atomic E-state index is 11.1. The highest BCUT2D eigenvalue weighted by Gasteiger charge is 2.45. The second kappa shape index (κ2) is 6.41. The minimum absolute atomic E-state index is 0.369. The lowest BCUT2D eigenvalue weighted by atomic mass is 9.93. The summed E-state index contributed by atoms with van der Waals surface area (Å²) in [6.45, 7) is 0.365. The van der Waals surface area contributed by atoms with Gasteiger partial charge >= 0.3 is 0 Å². The molecule has 1 saturated heterocycles. The van der Waals surface area contributed by atoms with E-state index in [9.17, 15) is 9.90 Å². The lowest BCUT2D eigenvalue weighted by molar-refractivity contribution is -0.301. The molecule has 5 atom stereocenters. The number of aliphatic hydroxyl groups is 4. The number of hydrogen-bond donors (Lipinski definition) is 5. The van der Waals surface area contributed by atoms with E-state index in [4.69, 9.17) is 24.8 Å². The number of ether oxygens (including phenoxy) is 2. The predicted octanol–water partition coefficient (Wildman–Crippen LogP) is -2.71. The first-order valence-electron chi connectivity index (χ1n) is 5.60. The normalized spacial score (nSPS) is 36.7. The summed E-state index contributed by atoms with van der Waals surface area (Å²) in [7, 11) is 0. The van der Waals surface area contributed by atoms with Crippen LogP contribution in [0.15, 0.2) is 0 Å². The number of rotatable bonds is 4. The monoisotopic (exact) mass is 265 g/mol. The van der Waals surface area contributed by atoms with Crippen molar-refractivity contribution in [3.63, 3.8) is 0 Å². The van der Waals surface area contributed by atoms with Crippen LogP contribution in [0.3, 0.4) is 0 Å². The predicted molar refractivity (Wildman–Crippen MR) is 58.1 cm³/mol. The summed E-state index contributed by atoms with van der Waals surface area (Å²) in [5.41, 5.74) is 0. The molecule has 106 valence electrons. The SMILES string of the molecule is CC(=O)NC1C(C)OC(CO)[C@@H](O)C1OC(O)O. The Kier molecular flexibility index (Phi) is 5.45. The van der Waals surface area contributed by atoms with Gasteiger partial charge in [0.05, 0.1) is 18.8 Å². The van der Waals surface area contributed by atoms with E-state index in [1.807, 2.05) is 0 Å². The van der Waals surface area contributed by atoms with Gasteiger partial charge in [0.25, 0.3) is 6.48 Å². The molecule has 0 bridgehead atoms. The molecular weight excluding hydrogens is 246 g/mol. The lowest BCUT2D eigenvalue weighted by Gasteiger charge is -2.43. The third kappa shape index (κ3) is 3.61. The lowest BCUT2D eigenvalue weighted by Crippen LogP contribution is -2.64. The highest BCUT2D eigenvalue weighted by Crippen LogP contribution is 2.23. The van der Waals surface area contributed by atoms with Crippen molar-refractivity contribution in [1.82, 2.24) is 5.32 Å². The van der Waals surface area contributed by atoms with Crippen LogP contribution < -0.4 is 5.32 Å². The highest BCUT2D eigenvalue weighted by molar-refractivity contribution is 5.73. The van der Waals surface area contributed by atoms with Gasteiger partial charge in [-0.3, -0.25) is 4.79 Å². The first kappa shape index (κ1) is 15.3. The molecule has 0 saturated carbocycles. The molecule has 5 N–H and O–H groups in total. The molecule has 0 aliphatic carbocycles. The summed E-state index contributed by atoms with van der Waals surface area (Å²) < 4.78 is 10.1. The molecule has 0 aromatic heterocycles. The van der Waals surface area contributed by atoms with Crippen molar-refractivity contribution in [2.24, 2.45) is 0 Å². The number of hydrogen-bond acceptors (Lipinski definition) is 7. The zero-order chi connectivity index (χ0) is 13.9. The fourth-order valence-electron chi connectivity index (χ4n) is 2.02. The molecule has 0 aromatic carbocycles. The molecule has 1 rings (SSSR count). The Morgan fingerprint density at radius 2 is 2.11 bits per heavy atom. The third-order valence-corrected chi connectivity index (χ3v) is 2.80. The maximum absolute atomic E-state index is 11.1. The molecule has 8 heteroatoms. The fraction of sp³-hybridized carbons (Fsp3) is 0.900. The van der Waals surface area contributed by atoms with E-state index in [0.717, 1.165) is 0 Å². The van der Waals surface area contributed by atoms with Gasteiger partial charge < -0.3 is 35.2 Å². The topological polar surface area (TPSA) is 128 Å². The van der Waals surface area contributed by atoms with Gasteiger partial charge in [-0.1, -0.05) is 0 Å². The standard InChI is InChI=1S/C10H19NO7/c1-4-7(11-5(2)13)9(18-10(15)16)8(14)6(3-12)17-4/h4,6-10,12,14-16H,3H2,1-2H3,(H,11,13)/t4?,6?,7?,8-,9?/m1/s1. The Labute approximate surface area is 104 Å². The zero-order valence-electron chi connectivity index (χ0n) is 10.2. The van der Waals surface area contributed by atoms with Crippen LogP contribution in [0, 0.1) is 0 Å². The third-order valence-electron chi connectivity index (χ3n) is 2.80. The molecule has 1 aliphatic rings. The van der Waals surface area contributed by atoms with Crippen LogP contribution in [0.1, 0.15) is 13.8 Å². The number of aliphatic hydroxyl groups excluding tert-OH is 3. The van der Waals surface area contributed by atoms with Gasteiger partial charge in [-0.25, -0.2) is 0 Å². The van der Waals surface area contributed by atoms with Crippen molar-refractivity contribution < 1.29 is 34.7 Å². The van der Waals surface area contributed by atoms with E-state index in [0.29, 0.717) is 0 Å². The van der Waals surface area contributed by atoms with Crippen molar-refractivity contribution in [3.05, 3.63) is 0 Å². The Bertz CT molecular complexity index is 285. The van der Waals surface area contributed by atoms with Gasteiger partial charge in [0.1, 0.15) is 18.3 Å². The molecule has 0 aromatic rings. The molecule has 0 spiro atoms. The van der Waals surface area contributed by atoms with E-state index in [1.54, 1.807) is 6.92 Å². The highest BCUT2D eigenvalue weighted by atomic mass is 16.7. The van der Waals surface area contributed by atoms with Crippen LogP contribution in [-0.4, -0.2) is 69.9 Å². The largest absolute Gasteiger partial charge is 0.394 e. The summed E-state index contributed by atoms with van der Waals surface area (Å²) in [6, 6.07) is -0.748.